The summed E-state index contributed by atoms with van der Waals surface area (Å²) in [5.41, 5.74) is 1.02. The van der Waals surface area contributed by atoms with Gasteiger partial charge < -0.3 is 5.32 Å². The molecule has 0 bridgehead atoms. The van der Waals surface area contributed by atoms with Crippen molar-refractivity contribution in [2.45, 2.75) is 38.6 Å². The molecule has 1 heterocycles. The molecule has 1 fully saturated rings. The molecular weight excluding hydrogens is 300 g/mol. The summed E-state index contributed by atoms with van der Waals surface area (Å²) in [6.45, 7) is 2.01. The van der Waals surface area contributed by atoms with E-state index in [2.05, 4.69) is 26.2 Å². The van der Waals surface area contributed by atoms with Gasteiger partial charge in [0.25, 0.3) is 0 Å². The van der Waals surface area contributed by atoms with Crippen molar-refractivity contribution >= 4 is 33.3 Å². The molecule has 0 radical (unpaired) electrons. The Morgan fingerprint density at radius 2 is 2.18 bits per heavy atom. The average molecular weight is 318 g/mol. The highest BCUT2D eigenvalue weighted by Gasteiger charge is 2.24. The summed E-state index contributed by atoms with van der Waals surface area (Å²) in [5.74, 6) is 2.29. The van der Waals surface area contributed by atoms with Gasteiger partial charge in [0.05, 0.1) is 5.69 Å². The lowest BCUT2D eigenvalue weighted by molar-refractivity contribution is 0.352. The van der Waals surface area contributed by atoms with Crippen LogP contribution in [0.2, 0.25) is 0 Å². The van der Waals surface area contributed by atoms with E-state index in [0.717, 1.165) is 21.9 Å². The van der Waals surface area contributed by atoms with Gasteiger partial charge in [0.2, 0.25) is 0 Å². The van der Waals surface area contributed by atoms with Gasteiger partial charge in [-0.2, -0.15) is 0 Å². The zero-order chi connectivity index (χ0) is 12.3. The van der Waals surface area contributed by atoms with Crippen molar-refractivity contribution < 1.29 is 0 Å². The number of hydrogen-bond acceptors (Lipinski definition) is 2. The third-order valence-electron chi connectivity index (χ3n) is 3.46. The summed E-state index contributed by atoms with van der Waals surface area (Å²) < 4.78 is 1.06. The van der Waals surface area contributed by atoms with Crippen molar-refractivity contribution in [1.82, 2.24) is 4.98 Å². The molecule has 1 N–H and O–H groups in total. The van der Waals surface area contributed by atoms with Crippen molar-refractivity contribution in [3.05, 3.63) is 22.3 Å². The fourth-order valence-electron chi connectivity index (χ4n) is 2.40. The van der Waals surface area contributed by atoms with Crippen LogP contribution in [0.5, 0.6) is 0 Å². The quantitative estimate of drug-likeness (QED) is 0.838. The fourth-order valence-corrected chi connectivity index (χ4v) is 2.99. The lowest BCUT2D eigenvalue weighted by Crippen LogP contribution is -2.33. The third kappa shape index (κ3) is 3.35. The molecular formula is C13H18BrClN2. The second kappa shape index (κ2) is 6.05. The van der Waals surface area contributed by atoms with Gasteiger partial charge in [-0.05, 0) is 53.7 Å². The number of halogens is 2. The zero-order valence-electron chi connectivity index (χ0n) is 10.0. The topological polar surface area (TPSA) is 24.9 Å². The Kier molecular flexibility index (Phi) is 4.69. The summed E-state index contributed by atoms with van der Waals surface area (Å²) in [5, 5.41) is 3.53. The van der Waals surface area contributed by atoms with Crippen LogP contribution in [0.3, 0.4) is 0 Å². The first-order chi connectivity index (χ1) is 8.20. The average Bonchev–Trinajstić information content (AvgIpc) is 2.34. The van der Waals surface area contributed by atoms with Gasteiger partial charge in [-0.25, -0.2) is 4.98 Å². The molecule has 0 spiro atoms. The SMILES string of the molecule is Cc1nc(NC2CCCCC2CCl)ccc1Br. The third-order valence-corrected chi connectivity index (χ3v) is 4.70. The van der Waals surface area contributed by atoms with E-state index in [4.69, 9.17) is 11.6 Å². The number of aromatic nitrogens is 1. The molecule has 1 aromatic rings. The molecule has 0 saturated heterocycles. The maximum absolute atomic E-state index is 6.03. The van der Waals surface area contributed by atoms with Crippen LogP contribution in [0.1, 0.15) is 31.4 Å². The van der Waals surface area contributed by atoms with Gasteiger partial charge in [0.1, 0.15) is 5.82 Å². The van der Waals surface area contributed by atoms with Crippen LogP contribution >= 0.6 is 27.5 Å². The Bertz CT molecular complexity index is 384. The van der Waals surface area contributed by atoms with Gasteiger partial charge in [-0.15, -0.1) is 11.6 Å². The highest BCUT2D eigenvalue weighted by atomic mass is 79.9. The maximum Gasteiger partial charge on any atom is 0.126 e. The van der Waals surface area contributed by atoms with Crippen LogP contribution < -0.4 is 5.32 Å². The smallest absolute Gasteiger partial charge is 0.126 e. The lowest BCUT2D eigenvalue weighted by atomic mass is 9.86. The van der Waals surface area contributed by atoms with Crippen molar-refractivity contribution in [2.24, 2.45) is 5.92 Å². The molecule has 0 aliphatic heterocycles. The summed E-state index contributed by atoms with van der Waals surface area (Å²) in [6.07, 6.45) is 5.04. The van der Waals surface area contributed by atoms with Gasteiger partial charge in [-0.1, -0.05) is 12.8 Å². The van der Waals surface area contributed by atoms with E-state index >= 15 is 0 Å². The minimum absolute atomic E-state index is 0.481. The van der Waals surface area contributed by atoms with Crippen LogP contribution in [0, 0.1) is 12.8 Å². The van der Waals surface area contributed by atoms with Crippen LogP contribution in [0.25, 0.3) is 0 Å². The number of rotatable bonds is 3. The molecule has 17 heavy (non-hydrogen) atoms. The van der Waals surface area contributed by atoms with Crippen LogP contribution in [-0.4, -0.2) is 16.9 Å². The molecule has 2 unspecified atom stereocenters. The van der Waals surface area contributed by atoms with E-state index in [9.17, 15) is 0 Å². The Hall–Kier alpha value is -0.280. The summed E-state index contributed by atoms with van der Waals surface area (Å²) in [6, 6.07) is 4.55. The Morgan fingerprint density at radius 1 is 1.41 bits per heavy atom. The molecule has 2 nitrogen and oxygen atoms in total. The number of nitrogens with one attached hydrogen (secondary N) is 1. The molecule has 0 aromatic carbocycles. The monoisotopic (exact) mass is 316 g/mol. The Balaban J connectivity index is 2.05. The lowest BCUT2D eigenvalue weighted by Gasteiger charge is -2.31. The van der Waals surface area contributed by atoms with E-state index in [1.807, 2.05) is 19.1 Å². The van der Waals surface area contributed by atoms with E-state index in [1.165, 1.54) is 25.7 Å². The number of pyridine rings is 1. The van der Waals surface area contributed by atoms with Gasteiger partial charge in [0, 0.05) is 16.4 Å². The zero-order valence-corrected chi connectivity index (χ0v) is 12.4. The summed E-state index contributed by atoms with van der Waals surface area (Å²) >= 11 is 9.50. The van der Waals surface area contributed by atoms with E-state index in [1.54, 1.807) is 0 Å². The van der Waals surface area contributed by atoms with Crippen molar-refractivity contribution in [3.63, 3.8) is 0 Å². The van der Waals surface area contributed by atoms with Gasteiger partial charge in [0.15, 0.2) is 0 Å². The number of aryl methyl sites for hydroxylation is 1. The first-order valence-corrected chi connectivity index (χ1v) is 7.49. The van der Waals surface area contributed by atoms with Crippen LogP contribution in [0.4, 0.5) is 5.82 Å². The van der Waals surface area contributed by atoms with Crippen molar-refractivity contribution in [1.29, 1.82) is 0 Å². The highest BCUT2D eigenvalue weighted by Crippen LogP contribution is 2.28. The molecule has 1 aliphatic carbocycles. The first-order valence-electron chi connectivity index (χ1n) is 6.16. The van der Waals surface area contributed by atoms with Crippen molar-refractivity contribution in [2.75, 3.05) is 11.2 Å². The molecule has 2 rings (SSSR count). The molecule has 1 aliphatic rings. The predicted molar refractivity (Wildman–Crippen MR) is 76.8 cm³/mol. The number of alkyl halides is 1. The molecule has 0 amide bonds. The fraction of sp³-hybridized carbons (Fsp3) is 0.615. The summed E-state index contributed by atoms with van der Waals surface area (Å²) in [4.78, 5) is 4.53. The van der Waals surface area contributed by atoms with Gasteiger partial charge in [-0.3, -0.25) is 0 Å². The van der Waals surface area contributed by atoms with E-state index < -0.39 is 0 Å². The molecule has 4 heteroatoms. The van der Waals surface area contributed by atoms with E-state index in [-0.39, 0.29) is 0 Å². The van der Waals surface area contributed by atoms with Crippen LogP contribution in [-0.2, 0) is 0 Å². The van der Waals surface area contributed by atoms with Crippen LogP contribution in [0.15, 0.2) is 16.6 Å². The predicted octanol–water partition coefficient (Wildman–Crippen LogP) is 4.36. The van der Waals surface area contributed by atoms with E-state index in [0.29, 0.717) is 12.0 Å². The highest BCUT2D eigenvalue weighted by molar-refractivity contribution is 9.10. The standard InChI is InChI=1S/C13H18BrClN2/c1-9-11(14)6-7-13(16-9)17-12-5-3-2-4-10(12)8-15/h6-7,10,12H,2-5,8H2,1H3,(H,16,17). The normalized spacial score (nSPS) is 24.6. The minimum Gasteiger partial charge on any atom is -0.367 e. The van der Waals surface area contributed by atoms with Gasteiger partial charge >= 0.3 is 0 Å². The number of hydrogen-bond donors (Lipinski definition) is 1. The Labute approximate surface area is 116 Å². The Morgan fingerprint density at radius 3 is 2.88 bits per heavy atom. The first kappa shape index (κ1) is 13.2. The number of nitrogens with zero attached hydrogens (tertiary/aromatic N) is 1. The maximum atomic E-state index is 6.03. The largest absolute Gasteiger partial charge is 0.367 e. The molecule has 1 saturated carbocycles. The second-order valence-corrected chi connectivity index (χ2v) is 5.88. The second-order valence-electron chi connectivity index (χ2n) is 4.71. The molecule has 2 atom stereocenters. The molecule has 1 aromatic heterocycles. The summed E-state index contributed by atoms with van der Waals surface area (Å²) in [7, 11) is 0. The number of anilines is 1. The molecule has 94 valence electrons. The minimum atomic E-state index is 0.481. The van der Waals surface area contributed by atoms with Crippen molar-refractivity contribution in [3.8, 4) is 0 Å².